The molecule has 4 rings (SSSR count). The van der Waals surface area contributed by atoms with Crippen LogP contribution < -0.4 is 15.4 Å². The maximum absolute atomic E-state index is 15.1. The summed E-state index contributed by atoms with van der Waals surface area (Å²) in [5, 5.41) is 16.9. The van der Waals surface area contributed by atoms with Crippen LogP contribution in [0.15, 0.2) is 36.5 Å². The van der Waals surface area contributed by atoms with Crippen molar-refractivity contribution in [3.63, 3.8) is 0 Å². The molecule has 7 nitrogen and oxygen atoms in total. The first-order valence-corrected chi connectivity index (χ1v) is 15.7. The average Bonchev–Trinajstić information content (AvgIpc) is 3.20. The van der Waals surface area contributed by atoms with Gasteiger partial charge in [-0.15, -0.1) is 0 Å². The first-order chi connectivity index (χ1) is 17.8. The number of nitrogens with zero attached hydrogens (tertiary/aromatic N) is 3. The van der Waals surface area contributed by atoms with Crippen LogP contribution in [-0.2, 0) is 9.84 Å². The van der Waals surface area contributed by atoms with Gasteiger partial charge in [-0.2, -0.15) is 5.26 Å². The summed E-state index contributed by atoms with van der Waals surface area (Å²) in [6, 6.07) is 10.9. The Hall–Kier alpha value is -3.19. The van der Waals surface area contributed by atoms with Crippen molar-refractivity contribution in [3.8, 4) is 23.1 Å². The lowest BCUT2D eigenvalue weighted by Crippen LogP contribution is -2.45. The van der Waals surface area contributed by atoms with E-state index in [2.05, 4.69) is 67.5 Å². The highest BCUT2D eigenvalue weighted by Gasteiger charge is 2.42. The van der Waals surface area contributed by atoms with Crippen LogP contribution in [0.25, 0.3) is 11.3 Å². The molecule has 2 N–H and O–H groups in total. The van der Waals surface area contributed by atoms with Crippen LogP contribution in [-0.4, -0.2) is 38.5 Å². The lowest BCUT2D eigenvalue weighted by atomic mass is 9.83. The second-order valence-electron chi connectivity index (χ2n) is 11.4. The van der Waals surface area contributed by atoms with E-state index in [0.29, 0.717) is 40.7 Å². The fourth-order valence-electron chi connectivity index (χ4n) is 4.13. The standard InChI is InChI=1S/C28H33ClFN5O2Si/c1-27(2,3)38(6,7)37-16-28(4)15-33-24-18(13-31)10-17(11-20(24)28)25-21(30)14-32-26(35-25)34-22-12-19(29)8-9-23(22)36-5/h8-12,14,33H,15-16H2,1-7H3,(H,32,34,35)/t28-/m1/s1. The summed E-state index contributed by atoms with van der Waals surface area (Å²) in [5.41, 5.74) is 2.82. The van der Waals surface area contributed by atoms with Crippen molar-refractivity contribution in [2.45, 2.75) is 51.2 Å². The molecule has 0 saturated carbocycles. The molecule has 2 heterocycles. The minimum atomic E-state index is -2.01. The van der Waals surface area contributed by atoms with Gasteiger partial charge >= 0.3 is 0 Å². The fourth-order valence-corrected chi connectivity index (χ4v) is 5.41. The number of halogens is 2. The molecule has 38 heavy (non-hydrogen) atoms. The molecule has 0 fully saturated rings. The molecule has 0 aliphatic carbocycles. The number of anilines is 3. The maximum atomic E-state index is 15.1. The highest BCUT2D eigenvalue weighted by molar-refractivity contribution is 6.74. The van der Waals surface area contributed by atoms with Gasteiger partial charge in [-0.25, -0.2) is 14.4 Å². The summed E-state index contributed by atoms with van der Waals surface area (Å²) in [6.07, 6.45) is 1.11. The van der Waals surface area contributed by atoms with Crippen molar-refractivity contribution >= 4 is 37.2 Å². The van der Waals surface area contributed by atoms with Crippen LogP contribution in [0, 0.1) is 17.1 Å². The number of rotatable bonds is 7. The smallest absolute Gasteiger partial charge is 0.228 e. The van der Waals surface area contributed by atoms with Crippen LogP contribution in [0.1, 0.15) is 38.8 Å². The van der Waals surface area contributed by atoms with Crippen molar-refractivity contribution in [2.75, 3.05) is 30.9 Å². The number of hydrogen-bond donors (Lipinski definition) is 2. The van der Waals surface area contributed by atoms with Crippen LogP contribution in [0.4, 0.5) is 21.7 Å². The van der Waals surface area contributed by atoms with Crippen molar-refractivity contribution in [2.24, 2.45) is 0 Å². The van der Waals surface area contributed by atoms with E-state index < -0.39 is 19.5 Å². The third kappa shape index (κ3) is 5.34. The normalized spacial score (nSPS) is 16.9. The van der Waals surface area contributed by atoms with Crippen LogP contribution in [0.5, 0.6) is 5.75 Å². The van der Waals surface area contributed by atoms with Crippen molar-refractivity contribution in [1.82, 2.24) is 9.97 Å². The van der Waals surface area contributed by atoms with E-state index in [4.69, 9.17) is 20.8 Å². The van der Waals surface area contributed by atoms with E-state index in [9.17, 15) is 5.26 Å². The number of ether oxygens (including phenoxy) is 1. The zero-order valence-corrected chi connectivity index (χ0v) is 24.5. The molecule has 0 unspecified atom stereocenters. The van der Waals surface area contributed by atoms with E-state index in [1.54, 1.807) is 31.4 Å². The summed E-state index contributed by atoms with van der Waals surface area (Å²) in [4.78, 5) is 8.56. The van der Waals surface area contributed by atoms with Gasteiger partial charge in [0.1, 0.15) is 17.5 Å². The molecule has 0 saturated heterocycles. The summed E-state index contributed by atoms with van der Waals surface area (Å²) in [5.74, 6) is 0.113. The van der Waals surface area contributed by atoms with E-state index in [0.717, 1.165) is 17.4 Å². The Kier molecular flexibility index (Phi) is 7.45. The van der Waals surface area contributed by atoms with Crippen LogP contribution in [0.2, 0.25) is 23.2 Å². The van der Waals surface area contributed by atoms with E-state index >= 15 is 4.39 Å². The summed E-state index contributed by atoms with van der Waals surface area (Å²) >= 11 is 6.14. The lowest BCUT2D eigenvalue weighted by Gasteiger charge is -2.39. The molecule has 0 spiro atoms. The van der Waals surface area contributed by atoms with E-state index in [1.165, 1.54) is 0 Å². The number of fused-ring (bicyclic) bond motifs is 1. The molecule has 1 aromatic heterocycles. The fraction of sp³-hybridized carbons (Fsp3) is 0.393. The zero-order chi connectivity index (χ0) is 27.9. The average molecular weight is 554 g/mol. The largest absolute Gasteiger partial charge is 0.495 e. The predicted molar refractivity (Wildman–Crippen MR) is 152 cm³/mol. The lowest BCUT2D eigenvalue weighted by molar-refractivity contribution is 0.220. The Labute approximate surface area is 229 Å². The molecule has 0 bridgehead atoms. The SMILES string of the molecule is COc1ccc(Cl)cc1Nc1ncc(F)c(-c2cc(C#N)c3c(c2)[C@@](C)(CO[Si](C)(C)C(C)(C)C)CN3)n1. The molecule has 1 aliphatic rings. The predicted octanol–water partition coefficient (Wildman–Crippen LogP) is 7.26. The summed E-state index contributed by atoms with van der Waals surface area (Å²) < 4.78 is 27.1. The highest BCUT2D eigenvalue weighted by Crippen LogP contribution is 2.44. The molecule has 0 amide bonds. The quantitative estimate of drug-likeness (QED) is 0.297. The number of methoxy groups -OCH3 is 1. The van der Waals surface area contributed by atoms with E-state index in [1.807, 2.05) is 6.07 Å². The first-order valence-electron chi connectivity index (χ1n) is 12.4. The van der Waals surface area contributed by atoms with Crippen molar-refractivity contribution in [3.05, 3.63) is 58.5 Å². The Morgan fingerprint density at radius 2 is 2.00 bits per heavy atom. The third-order valence-electron chi connectivity index (χ3n) is 7.55. The minimum Gasteiger partial charge on any atom is -0.495 e. The number of nitrogens with one attached hydrogen (secondary N) is 2. The van der Waals surface area contributed by atoms with Crippen molar-refractivity contribution in [1.29, 1.82) is 5.26 Å². The van der Waals surface area contributed by atoms with Gasteiger partial charge < -0.3 is 19.8 Å². The number of aromatic nitrogens is 2. The van der Waals surface area contributed by atoms with Crippen LogP contribution in [0.3, 0.4) is 0 Å². The molecular weight excluding hydrogens is 521 g/mol. The molecule has 200 valence electrons. The second kappa shape index (κ2) is 10.2. The summed E-state index contributed by atoms with van der Waals surface area (Å²) in [7, 11) is -0.466. The molecule has 2 aromatic carbocycles. The molecule has 1 aliphatic heterocycles. The van der Waals surface area contributed by atoms with Gasteiger partial charge in [-0.05, 0) is 54.0 Å². The topological polar surface area (TPSA) is 92.1 Å². The Morgan fingerprint density at radius 1 is 1.26 bits per heavy atom. The van der Waals surface area contributed by atoms with Gasteiger partial charge in [0, 0.05) is 29.2 Å². The number of nitriles is 1. The Balaban J connectivity index is 1.73. The summed E-state index contributed by atoms with van der Waals surface area (Å²) in [6.45, 7) is 14.3. The van der Waals surface area contributed by atoms with Gasteiger partial charge in [0.2, 0.25) is 5.95 Å². The molecule has 1 atom stereocenters. The van der Waals surface area contributed by atoms with Gasteiger partial charge in [0.15, 0.2) is 14.1 Å². The number of benzene rings is 2. The maximum Gasteiger partial charge on any atom is 0.228 e. The molecule has 10 heteroatoms. The number of hydrogen-bond acceptors (Lipinski definition) is 7. The van der Waals surface area contributed by atoms with E-state index in [-0.39, 0.29) is 16.7 Å². The monoisotopic (exact) mass is 553 g/mol. The van der Waals surface area contributed by atoms with Gasteiger partial charge in [0.05, 0.1) is 30.2 Å². The molecular formula is C28H33ClFN5O2Si. The zero-order valence-electron chi connectivity index (χ0n) is 22.8. The molecule has 0 radical (unpaired) electrons. The minimum absolute atomic E-state index is 0.0665. The van der Waals surface area contributed by atoms with Crippen molar-refractivity contribution < 1.29 is 13.6 Å². The second-order valence-corrected chi connectivity index (χ2v) is 16.6. The van der Waals surface area contributed by atoms with Gasteiger partial charge in [-0.3, -0.25) is 0 Å². The molecule has 3 aromatic rings. The Morgan fingerprint density at radius 3 is 2.66 bits per heavy atom. The third-order valence-corrected chi connectivity index (χ3v) is 12.3. The Bertz CT molecular complexity index is 1420. The highest BCUT2D eigenvalue weighted by atomic mass is 35.5. The van der Waals surface area contributed by atoms with Crippen LogP contribution >= 0.6 is 11.6 Å². The van der Waals surface area contributed by atoms with Gasteiger partial charge in [-0.1, -0.05) is 39.3 Å². The van der Waals surface area contributed by atoms with Gasteiger partial charge in [0.25, 0.3) is 0 Å². The first kappa shape index (κ1) is 27.8.